The van der Waals surface area contributed by atoms with Gasteiger partial charge in [0.25, 0.3) is 5.56 Å². The Balaban J connectivity index is 2.00. The molecule has 1 amide bonds. The molecule has 3 aromatic rings. The van der Waals surface area contributed by atoms with Crippen LogP contribution in [0.1, 0.15) is 36.6 Å². The van der Waals surface area contributed by atoms with Gasteiger partial charge >= 0.3 is 0 Å². The van der Waals surface area contributed by atoms with Gasteiger partial charge in [-0.25, -0.2) is 4.98 Å². The second kappa shape index (κ2) is 9.90. The van der Waals surface area contributed by atoms with E-state index in [0.717, 1.165) is 5.56 Å². The van der Waals surface area contributed by atoms with Gasteiger partial charge in [0.1, 0.15) is 12.4 Å². The number of aliphatic hydroxyl groups excluding tert-OH is 1. The fourth-order valence-corrected chi connectivity index (χ4v) is 3.60. The topological polar surface area (TPSA) is 84.2 Å². The highest BCUT2D eigenvalue weighted by Crippen LogP contribution is 2.22. The van der Waals surface area contributed by atoms with Crippen molar-refractivity contribution in [3.8, 4) is 11.4 Å². The number of hydrogen-bond acceptors (Lipinski definition) is 4. The minimum Gasteiger partial charge on any atom is -0.396 e. The van der Waals surface area contributed by atoms with Gasteiger partial charge in [-0.05, 0) is 42.7 Å². The van der Waals surface area contributed by atoms with Gasteiger partial charge in [0, 0.05) is 40.6 Å². The SMILES string of the molecule is Cc1nc(-c2cccc(Cl)c2)n(CC(=O)Nc2cccc(C(C)C)c2)c(=O)c1CCO. The van der Waals surface area contributed by atoms with E-state index in [4.69, 9.17) is 11.6 Å². The van der Waals surface area contributed by atoms with Crippen molar-refractivity contribution in [3.63, 3.8) is 0 Å². The average molecular weight is 440 g/mol. The Bertz CT molecular complexity index is 1160. The lowest BCUT2D eigenvalue weighted by Gasteiger charge is -2.16. The third-order valence-corrected chi connectivity index (χ3v) is 5.29. The number of carbonyl (C=O) groups is 1. The van der Waals surface area contributed by atoms with E-state index in [1.165, 1.54) is 4.57 Å². The molecule has 7 heteroatoms. The van der Waals surface area contributed by atoms with E-state index in [1.807, 2.05) is 24.3 Å². The Hall–Kier alpha value is -2.96. The lowest BCUT2D eigenvalue weighted by Crippen LogP contribution is -2.33. The second-order valence-corrected chi connectivity index (χ2v) is 8.14. The third-order valence-electron chi connectivity index (χ3n) is 5.05. The summed E-state index contributed by atoms with van der Waals surface area (Å²) in [6.45, 7) is 5.50. The van der Waals surface area contributed by atoms with Crippen LogP contribution in [0.5, 0.6) is 0 Å². The summed E-state index contributed by atoms with van der Waals surface area (Å²) in [4.78, 5) is 30.6. The molecule has 0 aliphatic rings. The standard InChI is InChI=1S/C24H26ClN3O3/c1-15(2)17-6-5-9-20(13-17)27-22(30)14-28-23(18-7-4-8-19(25)12-18)26-16(3)21(10-11-29)24(28)31/h4-9,12-13,15,29H,10-11,14H2,1-3H3,(H,27,30). The fraction of sp³-hybridized carbons (Fsp3) is 0.292. The van der Waals surface area contributed by atoms with Gasteiger partial charge in [0.15, 0.2) is 0 Å². The first kappa shape index (κ1) is 22.7. The number of carbonyl (C=O) groups excluding carboxylic acids is 1. The number of halogens is 1. The third kappa shape index (κ3) is 5.40. The number of anilines is 1. The molecule has 0 fully saturated rings. The van der Waals surface area contributed by atoms with Crippen LogP contribution in [0.2, 0.25) is 5.02 Å². The van der Waals surface area contributed by atoms with Crippen molar-refractivity contribution in [2.75, 3.05) is 11.9 Å². The molecule has 0 saturated carbocycles. The van der Waals surface area contributed by atoms with Gasteiger partial charge in [0.2, 0.25) is 5.91 Å². The number of aliphatic hydroxyl groups is 1. The quantitative estimate of drug-likeness (QED) is 0.578. The van der Waals surface area contributed by atoms with Crippen LogP contribution in [0.25, 0.3) is 11.4 Å². The minimum absolute atomic E-state index is 0.172. The normalized spacial score (nSPS) is 11.0. The molecule has 0 aliphatic carbocycles. The number of amides is 1. The largest absolute Gasteiger partial charge is 0.396 e. The first-order chi connectivity index (χ1) is 14.8. The molecule has 0 spiro atoms. The van der Waals surface area contributed by atoms with E-state index in [0.29, 0.717) is 39.3 Å². The van der Waals surface area contributed by atoms with Gasteiger partial charge in [-0.1, -0.05) is 49.7 Å². The van der Waals surface area contributed by atoms with E-state index in [-0.39, 0.29) is 31.0 Å². The predicted molar refractivity (Wildman–Crippen MR) is 124 cm³/mol. The molecule has 6 nitrogen and oxygen atoms in total. The van der Waals surface area contributed by atoms with E-state index in [9.17, 15) is 14.7 Å². The number of benzene rings is 2. The molecule has 2 aromatic carbocycles. The fourth-order valence-electron chi connectivity index (χ4n) is 3.41. The van der Waals surface area contributed by atoms with Gasteiger partial charge in [-0.2, -0.15) is 0 Å². The first-order valence-electron chi connectivity index (χ1n) is 10.2. The van der Waals surface area contributed by atoms with Crippen LogP contribution in [0.3, 0.4) is 0 Å². The number of aryl methyl sites for hydroxylation is 1. The second-order valence-electron chi connectivity index (χ2n) is 7.70. The monoisotopic (exact) mass is 439 g/mol. The number of hydrogen-bond donors (Lipinski definition) is 2. The maximum absolute atomic E-state index is 13.2. The summed E-state index contributed by atoms with van der Waals surface area (Å²) in [5.74, 6) is 0.348. The Kier molecular flexibility index (Phi) is 7.25. The van der Waals surface area contributed by atoms with Gasteiger partial charge in [-0.15, -0.1) is 0 Å². The van der Waals surface area contributed by atoms with E-state index < -0.39 is 0 Å². The number of nitrogens with zero attached hydrogens (tertiary/aromatic N) is 2. The van der Waals surface area contributed by atoms with Crippen LogP contribution >= 0.6 is 11.6 Å². The summed E-state index contributed by atoms with van der Waals surface area (Å²) in [5, 5.41) is 12.7. The summed E-state index contributed by atoms with van der Waals surface area (Å²) in [5.41, 5.74) is 2.99. The number of rotatable bonds is 7. The highest BCUT2D eigenvalue weighted by molar-refractivity contribution is 6.30. The van der Waals surface area contributed by atoms with Crippen molar-refractivity contribution in [1.82, 2.24) is 9.55 Å². The molecule has 162 valence electrons. The highest BCUT2D eigenvalue weighted by Gasteiger charge is 2.18. The first-order valence-corrected chi connectivity index (χ1v) is 10.5. The van der Waals surface area contributed by atoms with Gasteiger partial charge < -0.3 is 10.4 Å². The van der Waals surface area contributed by atoms with Gasteiger partial charge in [-0.3, -0.25) is 14.2 Å². The zero-order chi connectivity index (χ0) is 22.5. The van der Waals surface area contributed by atoms with Crippen LogP contribution in [-0.4, -0.2) is 27.2 Å². The van der Waals surface area contributed by atoms with Crippen LogP contribution < -0.4 is 10.9 Å². The van der Waals surface area contributed by atoms with Crippen LogP contribution in [0.4, 0.5) is 5.69 Å². The van der Waals surface area contributed by atoms with Crippen molar-refractivity contribution < 1.29 is 9.90 Å². The van der Waals surface area contributed by atoms with Crippen molar-refractivity contribution >= 4 is 23.2 Å². The molecule has 3 rings (SSSR count). The van der Waals surface area contributed by atoms with Crippen LogP contribution in [0.15, 0.2) is 53.3 Å². The van der Waals surface area contributed by atoms with E-state index in [2.05, 4.69) is 24.1 Å². The van der Waals surface area contributed by atoms with Crippen molar-refractivity contribution in [3.05, 3.63) is 80.7 Å². The Morgan fingerprint density at radius 2 is 1.94 bits per heavy atom. The molecule has 0 atom stereocenters. The molecule has 0 radical (unpaired) electrons. The maximum atomic E-state index is 13.2. The smallest absolute Gasteiger partial charge is 0.257 e. The summed E-state index contributed by atoms with van der Waals surface area (Å²) in [7, 11) is 0. The number of nitrogens with one attached hydrogen (secondary N) is 1. The number of aromatic nitrogens is 2. The van der Waals surface area contributed by atoms with Gasteiger partial charge in [0.05, 0.1) is 0 Å². The average Bonchev–Trinajstić information content (AvgIpc) is 2.73. The van der Waals surface area contributed by atoms with Crippen LogP contribution in [-0.2, 0) is 17.8 Å². The lowest BCUT2D eigenvalue weighted by molar-refractivity contribution is -0.116. The molecule has 31 heavy (non-hydrogen) atoms. The summed E-state index contributed by atoms with van der Waals surface area (Å²) in [6.07, 6.45) is 0.172. The Morgan fingerprint density at radius 1 is 1.19 bits per heavy atom. The molecular formula is C24H26ClN3O3. The maximum Gasteiger partial charge on any atom is 0.257 e. The zero-order valence-corrected chi connectivity index (χ0v) is 18.6. The van der Waals surface area contributed by atoms with Crippen molar-refractivity contribution in [2.45, 2.75) is 39.7 Å². The molecule has 1 heterocycles. The summed E-state index contributed by atoms with van der Waals surface area (Å²) in [6, 6.07) is 14.6. The highest BCUT2D eigenvalue weighted by atomic mass is 35.5. The zero-order valence-electron chi connectivity index (χ0n) is 17.9. The lowest BCUT2D eigenvalue weighted by atomic mass is 10.0. The molecule has 0 unspecified atom stereocenters. The molecular weight excluding hydrogens is 414 g/mol. The van der Waals surface area contributed by atoms with E-state index in [1.54, 1.807) is 31.2 Å². The molecule has 0 saturated heterocycles. The summed E-state index contributed by atoms with van der Waals surface area (Å²) >= 11 is 6.13. The predicted octanol–water partition coefficient (Wildman–Crippen LogP) is 4.17. The molecule has 0 aliphatic heterocycles. The molecule has 0 bridgehead atoms. The van der Waals surface area contributed by atoms with Crippen molar-refractivity contribution in [2.24, 2.45) is 0 Å². The summed E-state index contributed by atoms with van der Waals surface area (Å²) < 4.78 is 1.34. The Labute approximate surface area is 186 Å². The minimum atomic E-state index is -0.345. The van der Waals surface area contributed by atoms with Crippen molar-refractivity contribution in [1.29, 1.82) is 0 Å². The van der Waals surface area contributed by atoms with E-state index >= 15 is 0 Å². The Morgan fingerprint density at radius 3 is 2.61 bits per heavy atom. The molecule has 2 N–H and O–H groups in total. The molecule has 1 aromatic heterocycles. The van der Waals surface area contributed by atoms with Crippen LogP contribution in [0, 0.1) is 6.92 Å².